The van der Waals surface area contributed by atoms with E-state index in [2.05, 4.69) is 13.8 Å². The molecular weight excluding hydrogens is 124 g/mol. The molecule has 0 saturated heterocycles. The van der Waals surface area contributed by atoms with Gasteiger partial charge in [0.1, 0.15) is 5.78 Å². The molecule has 1 aliphatic carbocycles. The molecule has 10 heavy (non-hydrogen) atoms. The van der Waals surface area contributed by atoms with Crippen molar-refractivity contribution in [2.45, 2.75) is 39.5 Å². The van der Waals surface area contributed by atoms with E-state index in [9.17, 15) is 4.79 Å². The molecule has 2 atom stereocenters. The van der Waals surface area contributed by atoms with Gasteiger partial charge >= 0.3 is 0 Å². The molecule has 1 fully saturated rings. The molecule has 0 amide bonds. The maximum atomic E-state index is 11.2. The van der Waals surface area contributed by atoms with Crippen molar-refractivity contribution >= 4 is 5.78 Å². The van der Waals surface area contributed by atoms with Crippen LogP contribution in [0.3, 0.4) is 0 Å². The van der Waals surface area contributed by atoms with Crippen molar-refractivity contribution < 1.29 is 4.79 Å². The van der Waals surface area contributed by atoms with E-state index in [1.165, 1.54) is 0 Å². The Labute approximate surface area is 62.8 Å². The van der Waals surface area contributed by atoms with E-state index < -0.39 is 0 Å². The smallest absolute Gasteiger partial charge is 0.136 e. The van der Waals surface area contributed by atoms with Crippen molar-refractivity contribution in [1.82, 2.24) is 0 Å². The van der Waals surface area contributed by atoms with Gasteiger partial charge in [0.2, 0.25) is 0 Å². The van der Waals surface area contributed by atoms with Crippen LogP contribution >= 0.6 is 0 Å². The number of carbonyl (C=O) groups excluding carboxylic acids is 1. The Morgan fingerprint density at radius 1 is 1.60 bits per heavy atom. The van der Waals surface area contributed by atoms with Crippen molar-refractivity contribution in [3.8, 4) is 0 Å². The van der Waals surface area contributed by atoms with Gasteiger partial charge in [-0.15, -0.1) is 0 Å². The fourth-order valence-corrected chi connectivity index (χ4v) is 1.31. The van der Waals surface area contributed by atoms with Gasteiger partial charge in [0.25, 0.3) is 0 Å². The molecule has 58 valence electrons. The van der Waals surface area contributed by atoms with Crippen LogP contribution in [0.5, 0.6) is 0 Å². The fraction of sp³-hybridized carbons (Fsp3) is 0.889. The van der Waals surface area contributed by atoms with Gasteiger partial charge in [-0.05, 0) is 18.8 Å². The van der Waals surface area contributed by atoms with Crippen LogP contribution < -0.4 is 0 Å². The van der Waals surface area contributed by atoms with Gasteiger partial charge in [-0.25, -0.2) is 0 Å². The predicted octanol–water partition coefficient (Wildman–Crippen LogP) is 2.40. The minimum Gasteiger partial charge on any atom is -0.299 e. The number of unbranched alkanes of at least 4 members (excludes halogenated alkanes) is 1. The summed E-state index contributed by atoms with van der Waals surface area (Å²) in [4.78, 5) is 11.2. The zero-order valence-electron chi connectivity index (χ0n) is 6.89. The summed E-state index contributed by atoms with van der Waals surface area (Å²) in [5.74, 6) is 1.66. The topological polar surface area (TPSA) is 17.1 Å². The van der Waals surface area contributed by atoms with Gasteiger partial charge in [-0.1, -0.05) is 20.3 Å². The van der Waals surface area contributed by atoms with Crippen LogP contribution in [0, 0.1) is 11.8 Å². The Morgan fingerprint density at radius 2 is 2.20 bits per heavy atom. The molecule has 0 aromatic rings. The van der Waals surface area contributed by atoms with Crippen molar-refractivity contribution in [1.29, 1.82) is 0 Å². The van der Waals surface area contributed by atoms with E-state index in [4.69, 9.17) is 0 Å². The van der Waals surface area contributed by atoms with Gasteiger partial charge in [-0.2, -0.15) is 0 Å². The average molecular weight is 140 g/mol. The van der Waals surface area contributed by atoms with Gasteiger partial charge in [0, 0.05) is 12.3 Å². The van der Waals surface area contributed by atoms with Crippen LogP contribution in [-0.4, -0.2) is 5.78 Å². The van der Waals surface area contributed by atoms with Crippen molar-refractivity contribution in [2.24, 2.45) is 11.8 Å². The molecule has 0 aliphatic heterocycles. The van der Waals surface area contributed by atoms with Gasteiger partial charge in [-0.3, -0.25) is 4.79 Å². The predicted molar refractivity (Wildman–Crippen MR) is 41.8 cm³/mol. The summed E-state index contributed by atoms with van der Waals surface area (Å²) >= 11 is 0. The molecule has 0 bridgehead atoms. The number of hydrogen-bond acceptors (Lipinski definition) is 1. The number of carbonyl (C=O) groups is 1. The monoisotopic (exact) mass is 140 g/mol. The molecule has 0 radical (unpaired) electrons. The lowest BCUT2D eigenvalue weighted by molar-refractivity contribution is -0.120. The van der Waals surface area contributed by atoms with Crippen molar-refractivity contribution in [3.63, 3.8) is 0 Å². The van der Waals surface area contributed by atoms with Crippen LogP contribution in [-0.2, 0) is 4.79 Å². The number of rotatable bonds is 4. The lowest BCUT2D eigenvalue weighted by Gasteiger charge is -1.94. The molecule has 0 spiro atoms. The Balaban J connectivity index is 2.11. The Kier molecular flexibility index (Phi) is 2.47. The quantitative estimate of drug-likeness (QED) is 0.586. The average Bonchev–Trinajstić information content (AvgIpc) is 2.62. The number of Topliss-reactive ketones (excluding diaryl/α,β-unsaturated/α-hetero) is 1. The summed E-state index contributed by atoms with van der Waals surface area (Å²) < 4.78 is 0. The third kappa shape index (κ3) is 1.83. The largest absolute Gasteiger partial charge is 0.299 e. The Hall–Kier alpha value is -0.330. The maximum absolute atomic E-state index is 11.2. The third-order valence-corrected chi connectivity index (χ3v) is 2.30. The van der Waals surface area contributed by atoms with E-state index in [0.29, 0.717) is 17.6 Å². The van der Waals surface area contributed by atoms with Crippen LogP contribution in [0.2, 0.25) is 0 Å². The highest BCUT2D eigenvalue weighted by Gasteiger charge is 2.37. The summed E-state index contributed by atoms with van der Waals surface area (Å²) in [5.41, 5.74) is 0. The first-order valence-corrected chi connectivity index (χ1v) is 4.28. The molecule has 1 nitrogen and oxygen atoms in total. The number of hydrogen-bond donors (Lipinski definition) is 0. The summed E-state index contributed by atoms with van der Waals surface area (Å²) in [6, 6.07) is 0. The second-order valence-corrected chi connectivity index (χ2v) is 3.39. The molecule has 0 aromatic carbocycles. The minimum absolute atomic E-state index is 0.451. The third-order valence-electron chi connectivity index (χ3n) is 2.30. The van der Waals surface area contributed by atoms with E-state index in [1.54, 1.807) is 0 Å². The van der Waals surface area contributed by atoms with Crippen LogP contribution in [0.25, 0.3) is 0 Å². The molecule has 1 rings (SSSR count). The highest BCUT2D eigenvalue weighted by molar-refractivity contribution is 5.83. The molecule has 0 N–H and O–H groups in total. The molecule has 1 heteroatoms. The summed E-state index contributed by atoms with van der Waals surface area (Å²) in [5, 5.41) is 0. The molecule has 0 aromatic heterocycles. The summed E-state index contributed by atoms with van der Waals surface area (Å²) in [6.07, 6.45) is 4.21. The molecule has 0 unspecified atom stereocenters. The van der Waals surface area contributed by atoms with Gasteiger partial charge in [0.05, 0.1) is 0 Å². The standard InChI is InChI=1S/C9H16O/c1-3-4-5-9(10)8-6-7(8)2/h7-8H,3-6H2,1-2H3/t7-,8-/m1/s1. The second-order valence-electron chi connectivity index (χ2n) is 3.39. The molecule has 1 saturated carbocycles. The van der Waals surface area contributed by atoms with E-state index in [-0.39, 0.29) is 0 Å². The van der Waals surface area contributed by atoms with Gasteiger partial charge in [0.15, 0.2) is 0 Å². The highest BCUT2D eigenvalue weighted by atomic mass is 16.1. The van der Waals surface area contributed by atoms with Crippen LogP contribution in [0.15, 0.2) is 0 Å². The highest BCUT2D eigenvalue weighted by Crippen LogP contribution is 2.39. The zero-order chi connectivity index (χ0) is 7.56. The Morgan fingerprint density at radius 3 is 2.60 bits per heavy atom. The van der Waals surface area contributed by atoms with E-state index in [1.807, 2.05) is 0 Å². The maximum Gasteiger partial charge on any atom is 0.136 e. The Bertz CT molecular complexity index is 129. The normalized spacial score (nSPS) is 30.2. The minimum atomic E-state index is 0.451. The number of ketones is 1. The van der Waals surface area contributed by atoms with E-state index in [0.717, 1.165) is 25.7 Å². The summed E-state index contributed by atoms with van der Waals surface area (Å²) in [6.45, 7) is 4.29. The van der Waals surface area contributed by atoms with E-state index >= 15 is 0 Å². The van der Waals surface area contributed by atoms with Crippen LogP contribution in [0.1, 0.15) is 39.5 Å². The lowest BCUT2D eigenvalue weighted by Crippen LogP contribution is -2.00. The fourth-order valence-electron chi connectivity index (χ4n) is 1.31. The SMILES string of the molecule is CCCCC(=O)[C@@H]1C[C@H]1C. The zero-order valence-corrected chi connectivity index (χ0v) is 6.89. The van der Waals surface area contributed by atoms with Crippen LogP contribution in [0.4, 0.5) is 0 Å². The first kappa shape index (κ1) is 7.77. The lowest BCUT2D eigenvalue weighted by atomic mass is 10.1. The van der Waals surface area contributed by atoms with Crippen molar-refractivity contribution in [3.05, 3.63) is 0 Å². The molecule has 1 aliphatic rings. The second kappa shape index (κ2) is 3.18. The first-order valence-electron chi connectivity index (χ1n) is 4.28. The molecular formula is C9H16O. The summed E-state index contributed by atoms with van der Waals surface area (Å²) in [7, 11) is 0. The first-order chi connectivity index (χ1) is 4.75. The van der Waals surface area contributed by atoms with Crippen molar-refractivity contribution in [2.75, 3.05) is 0 Å². The molecule has 0 heterocycles. The van der Waals surface area contributed by atoms with Gasteiger partial charge < -0.3 is 0 Å².